The first-order valence-electron chi connectivity index (χ1n) is 6.57. The van der Waals surface area contributed by atoms with Crippen LogP contribution in [0.1, 0.15) is 24.4 Å². The van der Waals surface area contributed by atoms with E-state index in [1.165, 1.54) is 4.88 Å². The number of halogens is 1. The summed E-state index contributed by atoms with van der Waals surface area (Å²) >= 11 is 5.31. The number of benzene rings is 1. The Morgan fingerprint density at radius 2 is 2.10 bits per heavy atom. The molecule has 0 fully saturated rings. The van der Waals surface area contributed by atoms with E-state index in [0.29, 0.717) is 12.6 Å². The molecule has 3 nitrogen and oxygen atoms in total. The van der Waals surface area contributed by atoms with Crippen LogP contribution < -0.4 is 5.32 Å². The summed E-state index contributed by atoms with van der Waals surface area (Å²) in [6, 6.07) is 8.62. The van der Waals surface area contributed by atoms with Gasteiger partial charge in [-0.3, -0.25) is 0 Å². The van der Waals surface area contributed by atoms with Crippen LogP contribution in [-0.4, -0.2) is 18.1 Å². The fourth-order valence-electron chi connectivity index (χ4n) is 1.82. The van der Waals surface area contributed by atoms with E-state index in [1.54, 1.807) is 18.4 Å². The molecule has 0 bridgehead atoms. The number of ether oxygens (including phenoxy) is 1. The Balaban J connectivity index is 2.31. The second-order valence-electron chi connectivity index (χ2n) is 4.84. The average Bonchev–Trinajstić information content (AvgIpc) is 2.80. The van der Waals surface area contributed by atoms with E-state index in [9.17, 15) is 0 Å². The van der Waals surface area contributed by atoms with Crippen molar-refractivity contribution in [1.29, 1.82) is 0 Å². The molecule has 0 aliphatic heterocycles. The zero-order valence-corrected chi connectivity index (χ0v) is 14.3. The van der Waals surface area contributed by atoms with Crippen LogP contribution in [0.4, 0.5) is 0 Å². The van der Waals surface area contributed by atoms with Gasteiger partial charge >= 0.3 is 0 Å². The van der Waals surface area contributed by atoms with E-state index in [-0.39, 0.29) is 0 Å². The van der Waals surface area contributed by atoms with Crippen molar-refractivity contribution in [2.45, 2.75) is 33.0 Å². The Morgan fingerprint density at radius 3 is 2.75 bits per heavy atom. The molecule has 0 aliphatic rings. The van der Waals surface area contributed by atoms with Gasteiger partial charge in [-0.25, -0.2) is 4.98 Å². The van der Waals surface area contributed by atoms with Crippen molar-refractivity contribution in [1.82, 2.24) is 10.3 Å². The summed E-state index contributed by atoms with van der Waals surface area (Å²) in [4.78, 5) is 5.97. The minimum Gasteiger partial charge on any atom is -0.378 e. The van der Waals surface area contributed by atoms with Gasteiger partial charge in [-0.15, -0.1) is 11.3 Å². The molecule has 108 valence electrons. The SMILES string of the molecule is COCc1nc(-c2ccccc2Br)sc1CNC(C)C. The van der Waals surface area contributed by atoms with Gasteiger partial charge in [0.15, 0.2) is 0 Å². The van der Waals surface area contributed by atoms with Crippen LogP contribution in [0.5, 0.6) is 0 Å². The van der Waals surface area contributed by atoms with Crippen LogP contribution in [-0.2, 0) is 17.9 Å². The van der Waals surface area contributed by atoms with E-state index in [1.807, 2.05) is 18.2 Å². The molecule has 1 heterocycles. The predicted octanol–water partition coefficient (Wildman–Crippen LogP) is 4.22. The lowest BCUT2D eigenvalue weighted by molar-refractivity contribution is 0.181. The fourth-order valence-corrected chi connectivity index (χ4v) is 3.48. The summed E-state index contributed by atoms with van der Waals surface area (Å²) < 4.78 is 6.33. The average molecular weight is 355 g/mol. The number of methoxy groups -OCH3 is 1. The second kappa shape index (κ2) is 7.31. The largest absolute Gasteiger partial charge is 0.378 e. The van der Waals surface area contributed by atoms with E-state index < -0.39 is 0 Å². The smallest absolute Gasteiger partial charge is 0.125 e. The zero-order chi connectivity index (χ0) is 14.5. The molecule has 0 spiro atoms. The highest BCUT2D eigenvalue weighted by Crippen LogP contribution is 2.33. The van der Waals surface area contributed by atoms with Crippen molar-refractivity contribution in [3.63, 3.8) is 0 Å². The third-order valence-corrected chi connectivity index (χ3v) is 4.66. The van der Waals surface area contributed by atoms with Gasteiger partial charge in [0.25, 0.3) is 0 Å². The van der Waals surface area contributed by atoms with E-state index in [2.05, 4.69) is 41.2 Å². The third-order valence-electron chi connectivity index (χ3n) is 2.83. The number of nitrogens with zero attached hydrogens (tertiary/aromatic N) is 1. The molecule has 0 unspecified atom stereocenters. The van der Waals surface area contributed by atoms with E-state index in [0.717, 1.165) is 27.3 Å². The molecule has 5 heteroatoms. The Hall–Kier alpha value is -0.750. The van der Waals surface area contributed by atoms with Gasteiger partial charge in [0, 0.05) is 34.6 Å². The van der Waals surface area contributed by atoms with Gasteiger partial charge in [-0.2, -0.15) is 0 Å². The lowest BCUT2D eigenvalue weighted by Crippen LogP contribution is -2.21. The maximum Gasteiger partial charge on any atom is 0.125 e. The van der Waals surface area contributed by atoms with Crippen molar-refractivity contribution in [3.8, 4) is 10.6 Å². The molecular weight excluding hydrogens is 336 g/mol. The quantitative estimate of drug-likeness (QED) is 0.843. The molecule has 20 heavy (non-hydrogen) atoms. The topological polar surface area (TPSA) is 34.1 Å². The Kier molecular flexibility index (Phi) is 5.72. The number of thiazole rings is 1. The van der Waals surface area contributed by atoms with Crippen LogP contribution >= 0.6 is 27.3 Å². The number of rotatable bonds is 6. The molecule has 0 atom stereocenters. The van der Waals surface area contributed by atoms with Crippen molar-refractivity contribution < 1.29 is 4.74 Å². The van der Waals surface area contributed by atoms with Crippen molar-refractivity contribution >= 4 is 27.3 Å². The Bertz CT molecular complexity index is 569. The number of nitrogens with one attached hydrogen (secondary N) is 1. The minimum atomic E-state index is 0.458. The molecule has 2 aromatic rings. The highest BCUT2D eigenvalue weighted by Gasteiger charge is 2.14. The maximum atomic E-state index is 5.26. The summed E-state index contributed by atoms with van der Waals surface area (Å²) in [6.45, 7) is 5.67. The van der Waals surface area contributed by atoms with Gasteiger partial charge in [0.1, 0.15) is 5.01 Å². The lowest BCUT2D eigenvalue weighted by atomic mass is 10.2. The molecule has 1 aromatic carbocycles. The molecule has 0 amide bonds. The normalized spacial score (nSPS) is 11.2. The fraction of sp³-hybridized carbons (Fsp3) is 0.400. The molecule has 0 saturated heterocycles. The van der Waals surface area contributed by atoms with Crippen LogP contribution in [0.3, 0.4) is 0 Å². The summed E-state index contributed by atoms with van der Waals surface area (Å²) in [5, 5.41) is 4.48. The lowest BCUT2D eigenvalue weighted by Gasteiger charge is -2.07. The first-order chi connectivity index (χ1) is 9.61. The molecular formula is C15H19BrN2OS. The monoisotopic (exact) mass is 354 g/mol. The maximum absolute atomic E-state index is 5.26. The highest BCUT2D eigenvalue weighted by molar-refractivity contribution is 9.10. The molecule has 0 aliphatic carbocycles. The van der Waals surface area contributed by atoms with Crippen LogP contribution in [0.15, 0.2) is 28.7 Å². The first kappa shape index (κ1) is 15.6. The van der Waals surface area contributed by atoms with Gasteiger partial charge in [-0.05, 0) is 6.07 Å². The van der Waals surface area contributed by atoms with Crippen molar-refractivity contribution in [3.05, 3.63) is 39.3 Å². The highest BCUT2D eigenvalue weighted by atomic mass is 79.9. The van der Waals surface area contributed by atoms with E-state index in [4.69, 9.17) is 9.72 Å². The van der Waals surface area contributed by atoms with Gasteiger partial charge in [-0.1, -0.05) is 48.0 Å². The van der Waals surface area contributed by atoms with Gasteiger partial charge < -0.3 is 10.1 Å². The summed E-state index contributed by atoms with van der Waals surface area (Å²) in [6.07, 6.45) is 0. The molecule has 0 saturated carbocycles. The summed E-state index contributed by atoms with van der Waals surface area (Å²) in [5.41, 5.74) is 2.15. The predicted molar refractivity (Wildman–Crippen MR) is 87.9 cm³/mol. The first-order valence-corrected chi connectivity index (χ1v) is 8.18. The van der Waals surface area contributed by atoms with Crippen LogP contribution in [0, 0.1) is 0 Å². The molecule has 0 radical (unpaired) electrons. The van der Waals surface area contributed by atoms with Crippen molar-refractivity contribution in [2.75, 3.05) is 7.11 Å². The summed E-state index contributed by atoms with van der Waals surface area (Å²) in [7, 11) is 1.71. The van der Waals surface area contributed by atoms with Crippen molar-refractivity contribution in [2.24, 2.45) is 0 Å². The number of hydrogen-bond acceptors (Lipinski definition) is 4. The number of aromatic nitrogens is 1. The molecule has 2 rings (SSSR count). The molecule has 1 aromatic heterocycles. The standard InChI is InChI=1S/C15H19BrN2OS/c1-10(2)17-8-14-13(9-19-3)18-15(20-14)11-6-4-5-7-12(11)16/h4-7,10,17H,8-9H2,1-3H3. The summed E-state index contributed by atoms with van der Waals surface area (Å²) in [5.74, 6) is 0. The Labute approximate surface area is 132 Å². The van der Waals surface area contributed by atoms with Gasteiger partial charge in [0.2, 0.25) is 0 Å². The number of hydrogen-bond donors (Lipinski definition) is 1. The van der Waals surface area contributed by atoms with Gasteiger partial charge in [0.05, 0.1) is 12.3 Å². The van der Waals surface area contributed by atoms with Crippen LogP contribution in [0.2, 0.25) is 0 Å². The van der Waals surface area contributed by atoms with Crippen LogP contribution in [0.25, 0.3) is 10.6 Å². The minimum absolute atomic E-state index is 0.458. The second-order valence-corrected chi connectivity index (χ2v) is 6.78. The zero-order valence-electron chi connectivity index (χ0n) is 11.9. The molecule has 1 N–H and O–H groups in total. The Morgan fingerprint density at radius 1 is 1.35 bits per heavy atom. The van der Waals surface area contributed by atoms with E-state index >= 15 is 0 Å². The third kappa shape index (κ3) is 3.88.